The number of nitrogen functional groups attached to an aromatic ring is 1. The summed E-state index contributed by atoms with van der Waals surface area (Å²) in [5.74, 6) is 0.858. The first kappa shape index (κ1) is 15.2. The molecular formula is C16H18ClN3O. The average molecular weight is 304 g/mol. The third-order valence-electron chi connectivity index (χ3n) is 3.27. The fourth-order valence-corrected chi connectivity index (χ4v) is 2.48. The molecule has 0 spiro atoms. The van der Waals surface area contributed by atoms with Gasteiger partial charge in [-0.15, -0.1) is 0 Å². The first-order valence-electron chi connectivity index (χ1n) is 6.50. The minimum absolute atomic E-state index is 0.0100. The number of amidine groups is 1. The van der Waals surface area contributed by atoms with Crippen molar-refractivity contribution in [2.24, 2.45) is 5.73 Å². The second kappa shape index (κ2) is 6.50. The van der Waals surface area contributed by atoms with Crippen molar-refractivity contribution < 1.29 is 4.74 Å². The van der Waals surface area contributed by atoms with Crippen molar-refractivity contribution in [2.75, 3.05) is 19.1 Å². The highest BCUT2D eigenvalue weighted by atomic mass is 35.5. The highest BCUT2D eigenvalue weighted by Gasteiger charge is 2.11. The van der Waals surface area contributed by atoms with Crippen molar-refractivity contribution in [3.8, 4) is 5.75 Å². The zero-order valence-corrected chi connectivity index (χ0v) is 12.8. The van der Waals surface area contributed by atoms with Gasteiger partial charge >= 0.3 is 0 Å². The molecule has 0 bridgehead atoms. The Morgan fingerprint density at radius 2 is 2.00 bits per heavy atom. The van der Waals surface area contributed by atoms with Crippen LogP contribution in [0.4, 0.5) is 5.69 Å². The standard InChI is InChI=1S/C16H18ClN3O/c1-20(10-12-5-3-4-6-15(12)21-2)14-8-7-11(16(18)19)9-13(14)17/h3-9H,10H2,1-2H3,(H3,18,19). The number of nitrogens with one attached hydrogen (secondary N) is 1. The van der Waals surface area contributed by atoms with Crippen LogP contribution in [0.5, 0.6) is 5.75 Å². The summed E-state index contributed by atoms with van der Waals surface area (Å²) in [7, 11) is 3.62. The number of anilines is 1. The van der Waals surface area contributed by atoms with Crippen LogP contribution in [0.1, 0.15) is 11.1 Å². The molecular weight excluding hydrogens is 286 g/mol. The summed E-state index contributed by atoms with van der Waals surface area (Å²) < 4.78 is 5.36. The lowest BCUT2D eigenvalue weighted by molar-refractivity contribution is 0.409. The number of methoxy groups -OCH3 is 1. The quantitative estimate of drug-likeness (QED) is 0.658. The van der Waals surface area contributed by atoms with Gasteiger partial charge in [0, 0.05) is 24.7 Å². The number of nitrogens with two attached hydrogens (primary N) is 1. The van der Waals surface area contributed by atoms with E-state index in [1.807, 2.05) is 42.3 Å². The van der Waals surface area contributed by atoms with Crippen LogP contribution in [-0.4, -0.2) is 20.0 Å². The van der Waals surface area contributed by atoms with Gasteiger partial charge in [-0.2, -0.15) is 0 Å². The van der Waals surface area contributed by atoms with Gasteiger partial charge in [0.15, 0.2) is 0 Å². The lowest BCUT2D eigenvalue weighted by Crippen LogP contribution is -2.18. The summed E-state index contributed by atoms with van der Waals surface area (Å²) in [6.45, 7) is 0.670. The topological polar surface area (TPSA) is 62.3 Å². The zero-order valence-electron chi connectivity index (χ0n) is 12.1. The molecule has 0 aromatic heterocycles. The number of ether oxygens (including phenoxy) is 1. The van der Waals surface area contributed by atoms with Crippen LogP contribution in [0.2, 0.25) is 5.02 Å². The van der Waals surface area contributed by atoms with Gasteiger partial charge < -0.3 is 15.4 Å². The summed E-state index contributed by atoms with van der Waals surface area (Å²) >= 11 is 6.28. The third-order valence-corrected chi connectivity index (χ3v) is 3.57. The van der Waals surface area contributed by atoms with E-state index >= 15 is 0 Å². The third kappa shape index (κ3) is 3.47. The number of hydrogen-bond donors (Lipinski definition) is 2. The number of rotatable bonds is 5. The number of para-hydroxylation sites is 1. The molecule has 0 radical (unpaired) electrons. The molecule has 0 atom stereocenters. The van der Waals surface area contributed by atoms with Crippen molar-refractivity contribution in [3.05, 3.63) is 58.6 Å². The van der Waals surface area contributed by atoms with Crippen LogP contribution in [0.15, 0.2) is 42.5 Å². The molecule has 21 heavy (non-hydrogen) atoms. The second-order valence-electron chi connectivity index (χ2n) is 4.75. The van der Waals surface area contributed by atoms with Gasteiger partial charge in [-0.25, -0.2) is 0 Å². The van der Waals surface area contributed by atoms with Crippen LogP contribution < -0.4 is 15.4 Å². The molecule has 0 heterocycles. The number of nitrogens with zero attached hydrogens (tertiary/aromatic N) is 1. The monoisotopic (exact) mass is 303 g/mol. The molecule has 0 aliphatic carbocycles. The van der Waals surface area contributed by atoms with E-state index in [9.17, 15) is 0 Å². The van der Waals surface area contributed by atoms with Gasteiger partial charge in [0.25, 0.3) is 0 Å². The molecule has 110 valence electrons. The van der Waals surface area contributed by atoms with Gasteiger partial charge in [-0.1, -0.05) is 29.8 Å². The van der Waals surface area contributed by atoms with Crippen LogP contribution in [0.3, 0.4) is 0 Å². The minimum Gasteiger partial charge on any atom is -0.496 e. The molecule has 2 aromatic carbocycles. The summed E-state index contributed by atoms with van der Waals surface area (Å²) in [4.78, 5) is 2.03. The van der Waals surface area contributed by atoms with E-state index in [1.165, 1.54) is 0 Å². The summed E-state index contributed by atoms with van der Waals surface area (Å²) in [5.41, 5.74) is 8.04. The van der Waals surface area contributed by atoms with E-state index < -0.39 is 0 Å². The molecule has 0 saturated heterocycles. The largest absolute Gasteiger partial charge is 0.496 e. The maximum Gasteiger partial charge on any atom is 0.123 e. The Hall–Kier alpha value is -2.20. The molecule has 0 aliphatic rings. The van der Waals surface area contributed by atoms with E-state index in [-0.39, 0.29) is 5.84 Å². The van der Waals surface area contributed by atoms with E-state index in [0.29, 0.717) is 17.1 Å². The van der Waals surface area contributed by atoms with Crippen LogP contribution in [-0.2, 0) is 6.54 Å². The van der Waals surface area contributed by atoms with Crippen LogP contribution in [0.25, 0.3) is 0 Å². The maximum atomic E-state index is 7.43. The molecule has 0 aliphatic heterocycles. The van der Waals surface area contributed by atoms with Crippen LogP contribution >= 0.6 is 11.6 Å². The summed E-state index contributed by atoms with van der Waals surface area (Å²) in [5, 5.41) is 8.00. The maximum absolute atomic E-state index is 7.43. The predicted octanol–water partition coefficient (Wildman–Crippen LogP) is 3.27. The Labute approximate surface area is 129 Å². The predicted molar refractivity (Wildman–Crippen MR) is 87.6 cm³/mol. The number of halogens is 1. The average Bonchev–Trinajstić information content (AvgIpc) is 2.47. The normalized spacial score (nSPS) is 10.2. The molecule has 0 amide bonds. The lowest BCUT2D eigenvalue weighted by Gasteiger charge is -2.22. The fraction of sp³-hybridized carbons (Fsp3) is 0.188. The first-order valence-corrected chi connectivity index (χ1v) is 6.87. The van der Waals surface area contributed by atoms with Gasteiger partial charge in [0.05, 0.1) is 17.8 Å². The minimum atomic E-state index is 0.0100. The highest BCUT2D eigenvalue weighted by Crippen LogP contribution is 2.28. The lowest BCUT2D eigenvalue weighted by atomic mass is 10.1. The Morgan fingerprint density at radius 3 is 2.62 bits per heavy atom. The van der Waals surface area contributed by atoms with E-state index in [0.717, 1.165) is 17.0 Å². The zero-order chi connectivity index (χ0) is 15.4. The summed E-state index contributed by atoms with van der Waals surface area (Å²) in [6, 6.07) is 13.2. The smallest absolute Gasteiger partial charge is 0.123 e. The fourth-order valence-electron chi connectivity index (χ4n) is 2.16. The number of hydrogen-bond acceptors (Lipinski definition) is 3. The van der Waals surface area contributed by atoms with E-state index in [1.54, 1.807) is 19.2 Å². The Bertz CT molecular complexity index is 658. The molecule has 0 unspecified atom stereocenters. The second-order valence-corrected chi connectivity index (χ2v) is 5.15. The van der Waals surface area contributed by atoms with Crippen molar-refractivity contribution in [1.29, 1.82) is 5.41 Å². The highest BCUT2D eigenvalue weighted by molar-refractivity contribution is 6.33. The molecule has 2 aromatic rings. The van der Waals surface area contributed by atoms with Crippen molar-refractivity contribution in [3.63, 3.8) is 0 Å². The molecule has 4 nitrogen and oxygen atoms in total. The van der Waals surface area contributed by atoms with Crippen molar-refractivity contribution in [2.45, 2.75) is 6.54 Å². The van der Waals surface area contributed by atoms with Crippen molar-refractivity contribution >= 4 is 23.1 Å². The Kier molecular flexibility index (Phi) is 4.70. The van der Waals surface area contributed by atoms with E-state index in [4.69, 9.17) is 27.5 Å². The molecule has 5 heteroatoms. The SMILES string of the molecule is COc1ccccc1CN(C)c1ccc(C(=N)N)cc1Cl. The Morgan fingerprint density at radius 1 is 1.29 bits per heavy atom. The van der Waals surface area contributed by atoms with Gasteiger partial charge in [0.2, 0.25) is 0 Å². The first-order chi connectivity index (χ1) is 10.0. The van der Waals surface area contributed by atoms with Crippen molar-refractivity contribution in [1.82, 2.24) is 0 Å². The van der Waals surface area contributed by atoms with Gasteiger partial charge in [-0.05, 0) is 24.3 Å². The molecule has 3 N–H and O–H groups in total. The molecule has 2 rings (SSSR count). The molecule has 0 saturated carbocycles. The molecule has 0 fully saturated rings. The Balaban J connectivity index is 2.24. The number of benzene rings is 2. The van der Waals surface area contributed by atoms with Crippen LogP contribution in [0, 0.1) is 5.41 Å². The van der Waals surface area contributed by atoms with E-state index in [2.05, 4.69) is 0 Å². The van der Waals surface area contributed by atoms with Gasteiger partial charge in [-0.3, -0.25) is 5.41 Å². The summed E-state index contributed by atoms with van der Waals surface area (Å²) in [6.07, 6.45) is 0. The van der Waals surface area contributed by atoms with Gasteiger partial charge in [0.1, 0.15) is 11.6 Å².